The van der Waals surface area contributed by atoms with Gasteiger partial charge in [-0.25, -0.2) is 0 Å². The van der Waals surface area contributed by atoms with Crippen LogP contribution in [0.3, 0.4) is 0 Å². The Labute approximate surface area is 378 Å². The van der Waals surface area contributed by atoms with Crippen molar-refractivity contribution in [2.24, 2.45) is 0 Å². The van der Waals surface area contributed by atoms with Gasteiger partial charge in [-0.15, -0.1) is 0 Å². The number of allylic oxidation sites excluding steroid dienone is 2. The predicted octanol–water partition coefficient (Wildman–Crippen LogP) is 17.4. The molecule has 1 nitrogen and oxygen atoms in total. The Bertz CT molecular complexity index is 3340. The van der Waals surface area contributed by atoms with Crippen LogP contribution in [0.5, 0.6) is 0 Å². The molecule has 64 heavy (non-hydrogen) atoms. The minimum Gasteiger partial charge on any atom is -0.309 e. The molecule has 2 aliphatic carbocycles. The van der Waals surface area contributed by atoms with Crippen LogP contribution in [0, 0.1) is 6.92 Å². The molecule has 0 atom stereocenters. The number of hydrogen-bond donors (Lipinski definition) is 0. The Morgan fingerprint density at radius 1 is 0.438 bits per heavy atom. The molecule has 308 valence electrons. The molecule has 0 N–H and O–H groups in total. The Morgan fingerprint density at radius 3 is 1.73 bits per heavy atom. The highest BCUT2D eigenvalue weighted by atomic mass is 15.2. The zero-order chi connectivity index (χ0) is 43.7. The normalized spacial score (nSPS) is 14.0. The van der Waals surface area contributed by atoms with Crippen LogP contribution in [-0.2, 0) is 10.8 Å². The smallest absolute Gasteiger partial charge is 0.0544 e. The maximum Gasteiger partial charge on any atom is 0.0544 e. The summed E-state index contributed by atoms with van der Waals surface area (Å²) in [5.41, 5.74) is 23.3. The molecule has 1 heteroatoms. The molecular formula is C63H51N. The van der Waals surface area contributed by atoms with Crippen LogP contribution < -0.4 is 4.90 Å². The molecular weight excluding hydrogens is 771 g/mol. The molecule has 11 rings (SSSR count). The lowest BCUT2D eigenvalue weighted by Gasteiger charge is -2.35. The third-order valence-corrected chi connectivity index (χ3v) is 14.1. The fourth-order valence-electron chi connectivity index (χ4n) is 11.2. The van der Waals surface area contributed by atoms with Gasteiger partial charge in [0, 0.05) is 22.0 Å². The average Bonchev–Trinajstić information content (AvgIpc) is 3.71. The topological polar surface area (TPSA) is 3.24 Å². The van der Waals surface area contributed by atoms with Crippen molar-refractivity contribution >= 4 is 33.9 Å². The van der Waals surface area contributed by atoms with E-state index in [4.69, 9.17) is 0 Å². The molecule has 0 spiro atoms. The quantitative estimate of drug-likeness (QED) is 0.138. The van der Waals surface area contributed by atoms with Crippen molar-refractivity contribution in [3.63, 3.8) is 0 Å². The van der Waals surface area contributed by atoms with E-state index in [-0.39, 0.29) is 10.8 Å². The van der Waals surface area contributed by atoms with E-state index >= 15 is 0 Å². The van der Waals surface area contributed by atoms with Gasteiger partial charge in [-0.05, 0) is 120 Å². The molecule has 0 bridgehead atoms. The summed E-state index contributed by atoms with van der Waals surface area (Å²) in [5, 5.41) is 2.51. The van der Waals surface area contributed by atoms with Crippen LogP contribution in [-0.4, -0.2) is 0 Å². The fourth-order valence-corrected chi connectivity index (χ4v) is 11.2. The van der Waals surface area contributed by atoms with E-state index in [1.165, 1.54) is 111 Å². The summed E-state index contributed by atoms with van der Waals surface area (Å²) >= 11 is 0. The predicted molar refractivity (Wildman–Crippen MR) is 274 cm³/mol. The van der Waals surface area contributed by atoms with Gasteiger partial charge in [-0.1, -0.05) is 216 Å². The maximum atomic E-state index is 4.01. The van der Waals surface area contributed by atoms with Gasteiger partial charge in [0.1, 0.15) is 0 Å². The molecule has 0 fully saturated rings. The van der Waals surface area contributed by atoms with Crippen LogP contribution >= 0.6 is 0 Å². The second-order valence-electron chi connectivity index (χ2n) is 18.5. The lowest BCUT2D eigenvalue weighted by molar-refractivity contribution is 0.660. The minimum atomic E-state index is -0.358. The summed E-state index contributed by atoms with van der Waals surface area (Å²) in [6.07, 6.45) is 6.13. The van der Waals surface area contributed by atoms with Crippen molar-refractivity contribution in [3.8, 4) is 55.6 Å². The number of anilines is 3. The number of aryl methyl sites for hydroxylation is 1. The summed E-state index contributed by atoms with van der Waals surface area (Å²) < 4.78 is 0. The van der Waals surface area contributed by atoms with Crippen LogP contribution in [0.1, 0.15) is 61.1 Å². The molecule has 0 unspecified atom stereocenters. The zero-order valence-corrected chi connectivity index (χ0v) is 37.3. The summed E-state index contributed by atoms with van der Waals surface area (Å²) in [6.45, 7) is 15.9. The van der Waals surface area contributed by atoms with Gasteiger partial charge in [-0.3, -0.25) is 0 Å². The number of benzene rings is 9. The summed E-state index contributed by atoms with van der Waals surface area (Å²) in [6, 6.07) is 70.0. The van der Waals surface area contributed by atoms with Gasteiger partial charge in [0.25, 0.3) is 0 Å². The van der Waals surface area contributed by atoms with Crippen LogP contribution in [0.2, 0.25) is 0 Å². The lowest BCUT2D eigenvalue weighted by atomic mass is 9.77. The largest absolute Gasteiger partial charge is 0.309 e. The second-order valence-corrected chi connectivity index (χ2v) is 18.5. The molecule has 9 aromatic carbocycles. The Hall–Kier alpha value is -7.48. The lowest BCUT2D eigenvalue weighted by Crippen LogP contribution is -2.22. The Morgan fingerprint density at radius 2 is 1.00 bits per heavy atom. The molecule has 0 heterocycles. The highest BCUT2D eigenvalue weighted by Crippen LogP contribution is 2.61. The molecule has 0 amide bonds. The number of para-hydroxylation sites is 1. The maximum absolute atomic E-state index is 4.01. The first-order valence-electron chi connectivity index (χ1n) is 22.6. The third-order valence-electron chi connectivity index (χ3n) is 14.1. The average molecular weight is 822 g/mol. The molecule has 0 saturated heterocycles. The highest BCUT2D eigenvalue weighted by Gasteiger charge is 2.43. The monoisotopic (exact) mass is 821 g/mol. The standard InChI is InChI=1S/C63H51N/c1-7-8-22-45-40-54-52(39-41(45)2)59-56(38-37-51(61(59)63(54,5)6)49-32-20-28-44-27-19-31-47(58(44)49)43-25-13-10-14-26-43)64(55-35-18-16-29-46(55)42-23-11-9-12-24-42)57-36-21-33-50-48-30-15-17-34-53(48)62(3,4)60(50)57/h7-40H,1H2,2-6H3/b22-8-. The zero-order valence-electron chi connectivity index (χ0n) is 37.3. The Balaban J connectivity index is 1.28. The molecule has 9 aromatic rings. The summed E-state index contributed by atoms with van der Waals surface area (Å²) in [7, 11) is 0. The van der Waals surface area contributed by atoms with Gasteiger partial charge in [0.05, 0.1) is 17.1 Å². The molecule has 0 aliphatic heterocycles. The second kappa shape index (κ2) is 15.1. The van der Waals surface area contributed by atoms with Crippen LogP contribution in [0.4, 0.5) is 17.1 Å². The van der Waals surface area contributed by atoms with Gasteiger partial charge in [-0.2, -0.15) is 0 Å². The van der Waals surface area contributed by atoms with E-state index in [1.54, 1.807) is 0 Å². The SMILES string of the molecule is C=C/C=C\c1cc2c(cc1C)-c1c(N(c3ccccc3-c3ccccc3)c3cccc4c3C(C)(C)c3ccccc3-4)ccc(-c3cccc4cccc(-c5ccccc5)c34)c1C2(C)C. The Kier molecular flexibility index (Phi) is 9.29. The third kappa shape index (κ3) is 5.99. The van der Waals surface area contributed by atoms with Crippen LogP contribution in [0.25, 0.3) is 72.5 Å². The van der Waals surface area contributed by atoms with E-state index in [9.17, 15) is 0 Å². The van der Waals surface area contributed by atoms with Crippen molar-refractivity contribution < 1.29 is 0 Å². The van der Waals surface area contributed by atoms with E-state index in [2.05, 4.69) is 246 Å². The van der Waals surface area contributed by atoms with Crippen molar-refractivity contribution in [2.75, 3.05) is 4.90 Å². The van der Waals surface area contributed by atoms with Crippen LogP contribution in [0.15, 0.2) is 207 Å². The van der Waals surface area contributed by atoms with Gasteiger partial charge < -0.3 is 4.90 Å². The first kappa shape index (κ1) is 39.4. The minimum absolute atomic E-state index is 0.247. The first-order valence-corrected chi connectivity index (χ1v) is 22.6. The summed E-state index contributed by atoms with van der Waals surface area (Å²) in [4.78, 5) is 2.61. The van der Waals surface area contributed by atoms with Gasteiger partial charge in [0.15, 0.2) is 0 Å². The fraction of sp³-hybridized carbons (Fsp3) is 0.111. The van der Waals surface area contributed by atoms with Gasteiger partial charge in [0.2, 0.25) is 0 Å². The van der Waals surface area contributed by atoms with E-state index in [0.717, 1.165) is 5.69 Å². The molecule has 0 aromatic heterocycles. The van der Waals surface area contributed by atoms with E-state index in [1.807, 2.05) is 6.08 Å². The van der Waals surface area contributed by atoms with Crippen molar-refractivity contribution in [3.05, 3.63) is 240 Å². The number of rotatable bonds is 8. The molecule has 0 saturated carbocycles. The number of hydrogen-bond acceptors (Lipinski definition) is 1. The number of fused-ring (bicyclic) bond motifs is 7. The van der Waals surface area contributed by atoms with E-state index in [0.29, 0.717) is 0 Å². The first-order chi connectivity index (χ1) is 31.2. The van der Waals surface area contributed by atoms with Crippen molar-refractivity contribution in [1.29, 1.82) is 0 Å². The molecule has 2 aliphatic rings. The van der Waals surface area contributed by atoms with Gasteiger partial charge >= 0.3 is 0 Å². The van der Waals surface area contributed by atoms with Crippen molar-refractivity contribution in [2.45, 2.75) is 45.4 Å². The van der Waals surface area contributed by atoms with Crippen molar-refractivity contribution in [1.82, 2.24) is 0 Å². The number of nitrogens with zero attached hydrogens (tertiary/aromatic N) is 1. The highest BCUT2D eigenvalue weighted by molar-refractivity contribution is 6.10. The summed E-state index contributed by atoms with van der Waals surface area (Å²) in [5.74, 6) is 0. The molecule has 0 radical (unpaired) electrons. The van der Waals surface area contributed by atoms with E-state index < -0.39 is 0 Å².